The second-order valence-corrected chi connectivity index (χ2v) is 5.55. The van der Waals surface area contributed by atoms with Gasteiger partial charge < -0.3 is 5.73 Å². The van der Waals surface area contributed by atoms with Gasteiger partial charge in [-0.3, -0.25) is 4.90 Å². The van der Waals surface area contributed by atoms with Crippen molar-refractivity contribution in [2.75, 3.05) is 6.54 Å². The third kappa shape index (κ3) is 2.86. The number of hydrogen-bond acceptors (Lipinski definition) is 3. The summed E-state index contributed by atoms with van der Waals surface area (Å²) in [6.07, 6.45) is 0.957. The highest BCUT2D eigenvalue weighted by Crippen LogP contribution is 2.19. The molecule has 0 bridgehead atoms. The molecular weight excluding hydrogens is 266 g/mol. The standard InChI is InChI=1S/C16H17N3S/c17-16(20)15-7-6-13-11-19(9-8-14(13)18-15)10-12-4-2-1-3-5-12/h1-7H,8-11H2,(H2,17,20). The van der Waals surface area contributed by atoms with Crippen LogP contribution >= 0.6 is 12.2 Å². The van der Waals surface area contributed by atoms with Gasteiger partial charge in [-0.25, -0.2) is 4.98 Å². The van der Waals surface area contributed by atoms with Crippen LogP contribution in [0.15, 0.2) is 42.5 Å². The monoisotopic (exact) mass is 283 g/mol. The summed E-state index contributed by atoms with van der Waals surface area (Å²) in [5.74, 6) is 0. The molecule has 0 spiro atoms. The van der Waals surface area contributed by atoms with E-state index in [9.17, 15) is 0 Å². The van der Waals surface area contributed by atoms with E-state index in [4.69, 9.17) is 18.0 Å². The second kappa shape index (κ2) is 5.69. The lowest BCUT2D eigenvalue weighted by Crippen LogP contribution is -2.31. The Balaban J connectivity index is 1.74. The first-order chi connectivity index (χ1) is 9.72. The Morgan fingerprint density at radius 1 is 1.20 bits per heavy atom. The molecule has 4 heteroatoms. The van der Waals surface area contributed by atoms with Crippen LogP contribution in [0.25, 0.3) is 0 Å². The van der Waals surface area contributed by atoms with Crippen molar-refractivity contribution in [2.24, 2.45) is 5.73 Å². The Bertz CT molecular complexity index is 625. The van der Waals surface area contributed by atoms with Crippen molar-refractivity contribution in [2.45, 2.75) is 19.5 Å². The summed E-state index contributed by atoms with van der Waals surface area (Å²) in [6, 6.07) is 14.6. The molecule has 3 rings (SSSR count). The lowest BCUT2D eigenvalue weighted by atomic mass is 10.0. The van der Waals surface area contributed by atoms with Crippen molar-refractivity contribution in [3.63, 3.8) is 0 Å². The van der Waals surface area contributed by atoms with E-state index in [0.717, 1.165) is 37.4 Å². The molecule has 102 valence electrons. The molecule has 3 nitrogen and oxygen atoms in total. The molecule has 1 aromatic heterocycles. The van der Waals surface area contributed by atoms with Gasteiger partial charge in [0.1, 0.15) is 4.99 Å². The smallest absolute Gasteiger partial charge is 0.122 e. The summed E-state index contributed by atoms with van der Waals surface area (Å²) in [7, 11) is 0. The summed E-state index contributed by atoms with van der Waals surface area (Å²) in [5, 5.41) is 0. The molecule has 0 aliphatic carbocycles. The third-order valence-electron chi connectivity index (χ3n) is 3.63. The van der Waals surface area contributed by atoms with Crippen LogP contribution in [0.3, 0.4) is 0 Å². The highest BCUT2D eigenvalue weighted by atomic mass is 32.1. The average molecular weight is 283 g/mol. The highest BCUT2D eigenvalue weighted by molar-refractivity contribution is 7.80. The Labute approximate surface area is 124 Å². The van der Waals surface area contributed by atoms with E-state index in [1.165, 1.54) is 11.1 Å². The number of pyridine rings is 1. The van der Waals surface area contributed by atoms with Crippen LogP contribution in [0.1, 0.15) is 22.5 Å². The first-order valence-corrected chi connectivity index (χ1v) is 7.18. The Kier molecular flexibility index (Phi) is 3.76. The molecule has 0 amide bonds. The van der Waals surface area contributed by atoms with E-state index in [1.807, 2.05) is 6.07 Å². The number of aromatic nitrogens is 1. The van der Waals surface area contributed by atoms with E-state index >= 15 is 0 Å². The van der Waals surface area contributed by atoms with Crippen LogP contribution < -0.4 is 5.73 Å². The van der Waals surface area contributed by atoms with Gasteiger partial charge in [-0.05, 0) is 17.2 Å². The number of fused-ring (bicyclic) bond motifs is 1. The largest absolute Gasteiger partial charge is 0.388 e. The van der Waals surface area contributed by atoms with Gasteiger partial charge in [0, 0.05) is 31.7 Å². The van der Waals surface area contributed by atoms with E-state index in [2.05, 4.69) is 46.3 Å². The van der Waals surface area contributed by atoms with Crippen LogP contribution in [0.5, 0.6) is 0 Å². The molecule has 0 unspecified atom stereocenters. The molecule has 1 aromatic carbocycles. The Morgan fingerprint density at radius 2 is 2.00 bits per heavy atom. The van der Waals surface area contributed by atoms with E-state index in [0.29, 0.717) is 4.99 Å². The molecule has 0 atom stereocenters. The maximum atomic E-state index is 5.63. The summed E-state index contributed by atoms with van der Waals surface area (Å²) in [4.78, 5) is 7.38. The molecule has 0 radical (unpaired) electrons. The van der Waals surface area contributed by atoms with Gasteiger partial charge in [0.05, 0.1) is 5.69 Å². The van der Waals surface area contributed by atoms with Gasteiger partial charge in [-0.15, -0.1) is 0 Å². The normalized spacial score (nSPS) is 14.8. The van der Waals surface area contributed by atoms with Gasteiger partial charge in [0.2, 0.25) is 0 Å². The van der Waals surface area contributed by atoms with Crippen LogP contribution in [0.4, 0.5) is 0 Å². The lowest BCUT2D eigenvalue weighted by molar-refractivity contribution is 0.243. The number of benzene rings is 1. The van der Waals surface area contributed by atoms with E-state index in [-0.39, 0.29) is 0 Å². The topological polar surface area (TPSA) is 42.1 Å². The van der Waals surface area contributed by atoms with Crippen LogP contribution in [0, 0.1) is 0 Å². The third-order valence-corrected chi connectivity index (χ3v) is 3.84. The minimum absolute atomic E-state index is 0.375. The van der Waals surface area contributed by atoms with Crippen molar-refractivity contribution in [1.29, 1.82) is 0 Å². The molecule has 20 heavy (non-hydrogen) atoms. The van der Waals surface area contributed by atoms with E-state index < -0.39 is 0 Å². The molecular formula is C16H17N3S. The summed E-state index contributed by atoms with van der Waals surface area (Å²) in [6.45, 7) is 2.95. The molecule has 0 fully saturated rings. The van der Waals surface area contributed by atoms with Gasteiger partial charge >= 0.3 is 0 Å². The fraction of sp³-hybridized carbons (Fsp3) is 0.250. The number of hydrogen-bond donors (Lipinski definition) is 1. The van der Waals surface area contributed by atoms with Crippen molar-refractivity contribution >= 4 is 17.2 Å². The highest BCUT2D eigenvalue weighted by Gasteiger charge is 2.18. The van der Waals surface area contributed by atoms with E-state index in [1.54, 1.807) is 0 Å². The molecule has 0 saturated heterocycles. The molecule has 1 aliphatic rings. The van der Waals surface area contributed by atoms with Crippen molar-refractivity contribution < 1.29 is 0 Å². The van der Waals surface area contributed by atoms with Crippen molar-refractivity contribution in [1.82, 2.24) is 9.88 Å². The minimum atomic E-state index is 0.375. The zero-order valence-corrected chi connectivity index (χ0v) is 12.1. The first kappa shape index (κ1) is 13.2. The number of nitrogens with two attached hydrogens (primary N) is 1. The summed E-state index contributed by atoms with van der Waals surface area (Å²) in [5.41, 5.74) is 10.1. The zero-order chi connectivity index (χ0) is 13.9. The molecule has 2 heterocycles. The second-order valence-electron chi connectivity index (χ2n) is 5.11. The molecule has 2 aromatic rings. The van der Waals surface area contributed by atoms with Gasteiger partial charge in [0.25, 0.3) is 0 Å². The minimum Gasteiger partial charge on any atom is -0.388 e. The zero-order valence-electron chi connectivity index (χ0n) is 11.2. The maximum absolute atomic E-state index is 5.63. The predicted molar refractivity (Wildman–Crippen MR) is 84.4 cm³/mol. The number of rotatable bonds is 3. The molecule has 0 saturated carbocycles. The fourth-order valence-electron chi connectivity index (χ4n) is 2.59. The quantitative estimate of drug-likeness (QED) is 0.878. The van der Waals surface area contributed by atoms with Gasteiger partial charge in [0.15, 0.2) is 0 Å². The number of thiocarbonyl (C=S) groups is 1. The first-order valence-electron chi connectivity index (χ1n) is 6.77. The molecule has 2 N–H and O–H groups in total. The maximum Gasteiger partial charge on any atom is 0.122 e. The molecule has 1 aliphatic heterocycles. The SMILES string of the molecule is NC(=S)c1ccc2c(n1)CCN(Cc1ccccc1)C2. The van der Waals surface area contributed by atoms with Crippen LogP contribution in [-0.2, 0) is 19.5 Å². The Hall–Kier alpha value is -1.78. The fourth-order valence-corrected chi connectivity index (χ4v) is 2.70. The van der Waals surface area contributed by atoms with Crippen molar-refractivity contribution in [3.05, 3.63) is 65.0 Å². The predicted octanol–water partition coefficient (Wildman–Crippen LogP) is 2.27. The Morgan fingerprint density at radius 3 is 2.75 bits per heavy atom. The van der Waals surface area contributed by atoms with Crippen LogP contribution in [-0.4, -0.2) is 21.4 Å². The average Bonchev–Trinajstić information content (AvgIpc) is 2.47. The van der Waals surface area contributed by atoms with Crippen molar-refractivity contribution in [3.8, 4) is 0 Å². The summed E-state index contributed by atoms with van der Waals surface area (Å²) >= 11 is 4.98. The van der Waals surface area contributed by atoms with Gasteiger partial charge in [-0.2, -0.15) is 0 Å². The summed E-state index contributed by atoms with van der Waals surface area (Å²) < 4.78 is 0. The number of nitrogens with zero attached hydrogens (tertiary/aromatic N) is 2. The van der Waals surface area contributed by atoms with Crippen LogP contribution in [0.2, 0.25) is 0 Å². The van der Waals surface area contributed by atoms with Gasteiger partial charge in [-0.1, -0.05) is 48.6 Å². The lowest BCUT2D eigenvalue weighted by Gasteiger charge is -2.28.